The first-order chi connectivity index (χ1) is 5.27. The van der Waals surface area contributed by atoms with Gasteiger partial charge < -0.3 is 10.4 Å². The van der Waals surface area contributed by atoms with Crippen LogP contribution in [0, 0.1) is 5.92 Å². The molecule has 1 aliphatic carbocycles. The molecule has 0 aromatic carbocycles. The lowest BCUT2D eigenvalue weighted by Gasteiger charge is -2.07. The summed E-state index contributed by atoms with van der Waals surface area (Å²) < 4.78 is 0. The Kier molecular flexibility index (Phi) is 1.42. The zero-order valence-electron chi connectivity index (χ0n) is 6.47. The van der Waals surface area contributed by atoms with Crippen molar-refractivity contribution in [1.29, 1.82) is 0 Å². The molecule has 2 rings (SSSR count). The molecule has 2 atom stereocenters. The summed E-state index contributed by atoms with van der Waals surface area (Å²) in [5.41, 5.74) is 0.125. The summed E-state index contributed by atoms with van der Waals surface area (Å²) in [6, 6.07) is 0. The van der Waals surface area contributed by atoms with Gasteiger partial charge in [0.25, 0.3) is 0 Å². The minimum Gasteiger partial charge on any atom is -0.396 e. The maximum absolute atomic E-state index is 10.9. The van der Waals surface area contributed by atoms with Crippen LogP contribution in [-0.4, -0.2) is 23.2 Å². The van der Waals surface area contributed by atoms with Crippen molar-refractivity contribution in [3.8, 4) is 0 Å². The first kappa shape index (κ1) is 7.10. The van der Waals surface area contributed by atoms with Crippen LogP contribution in [0.2, 0.25) is 0 Å². The zero-order valence-corrected chi connectivity index (χ0v) is 6.47. The highest BCUT2D eigenvalue weighted by Crippen LogP contribution is 2.51. The van der Waals surface area contributed by atoms with Crippen LogP contribution in [-0.2, 0) is 4.79 Å². The van der Waals surface area contributed by atoms with Crippen LogP contribution in [0.5, 0.6) is 0 Å². The van der Waals surface area contributed by atoms with E-state index in [1.165, 1.54) is 0 Å². The second-order valence-corrected chi connectivity index (χ2v) is 3.62. The van der Waals surface area contributed by atoms with E-state index in [-0.39, 0.29) is 18.1 Å². The van der Waals surface area contributed by atoms with Crippen molar-refractivity contribution >= 4 is 5.91 Å². The Morgan fingerprint density at radius 2 is 2.55 bits per heavy atom. The molecule has 3 nitrogen and oxygen atoms in total. The lowest BCUT2D eigenvalue weighted by Crippen LogP contribution is -2.29. The monoisotopic (exact) mass is 155 g/mol. The van der Waals surface area contributed by atoms with E-state index in [1.54, 1.807) is 0 Å². The third kappa shape index (κ3) is 1.03. The SMILES string of the molecule is O=C1CC[C@@]2(C[C@H]2CCO)N1. The van der Waals surface area contributed by atoms with E-state index in [1.807, 2.05) is 0 Å². The van der Waals surface area contributed by atoms with Gasteiger partial charge in [0.2, 0.25) is 5.91 Å². The predicted octanol–water partition coefficient (Wildman–Crippen LogP) is 0.0375. The Balaban J connectivity index is 1.92. The average molecular weight is 155 g/mol. The van der Waals surface area contributed by atoms with Crippen molar-refractivity contribution in [2.45, 2.75) is 31.2 Å². The molecule has 2 aliphatic rings. The first-order valence-electron chi connectivity index (χ1n) is 4.19. The molecule has 1 amide bonds. The number of rotatable bonds is 2. The topological polar surface area (TPSA) is 49.3 Å². The van der Waals surface area contributed by atoms with Crippen molar-refractivity contribution in [2.24, 2.45) is 5.92 Å². The van der Waals surface area contributed by atoms with Gasteiger partial charge in [0.15, 0.2) is 0 Å². The van der Waals surface area contributed by atoms with E-state index in [4.69, 9.17) is 5.11 Å². The van der Waals surface area contributed by atoms with Crippen LogP contribution >= 0.6 is 0 Å². The Bertz CT molecular complexity index is 193. The summed E-state index contributed by atoms with van der Waals surface area (Å²) in [6.07, 6.45) is 3.60. The molecule has 0 unspecified atom stereocenters. The van der Waals surface area contributed by atoms with Crippen LogP contribution in [0.1, 0.15) is 25.7 Å². The Morgan fingerprint density at radius 3 is 3.09 bits per heavy atom. The van der Waals surface area contributed by atoms with Crippen LogP contribution in [0.4, 0.5) is 0 Å². The van der Waals surface area contributed by atoms with E-state index in [0.29, 0.717) is 12.3 Å². The number of amides is 1. The van der Waals surface area contributed by atoms with Crippen LogP contribution in [0.15, 0.2) is 0 Å². The quantitative estimate of drug-likeness (QED) is 0.591. The second-order valence-electron chi connectivity index (χ2n) is 3.62. The molecular weight excluding hydrogens is 142 g/mol. The lowest BCUT2D eigenvalue weighted by atomic mass is 10.1. The van der Waals surface area contributed by atoms with Crippen molar-refractivity contribution in [1.82, 2.24) is 5.32 Å². The normalized spacial score (nSPS) is 41.2. The minimum atomic E-state index is 0.125. The summed E-state index contributed by atoms with van der Waals surface area (Å²) in [7, 11) is 0. The standard InChI is InChI=1S/C8H13NO2/c10-4-2-6-5-8(6)3-1-7(11)9-8/h6,10H,1-5H2,(H,9,11)/t6-,8+/m1/s1. The number of carbonyl (C=O) groups is 1. The highest BCUT2D eigenvalue weighted by Gasteiger charge is 2.56. The highest BCUT2D eigenvalue weighted by molar-refractivity contribution is 5.80. The number of hydrogen-bond donors (Lipinski definition) is 2. The number of hydrogen-bond acceptors (Lipinski definition) is 2. The van der Waals surface area contributed by atoms with Gasteiger partial charge in [0.1, 0.15) is 0 Å². The number of aliphatic hydroxyl groups excluding tert-OH is 1. The van der Waals surface area contributed by atoms with Gasteiger partial charge in [-0.25, -0.2) is 0 Å². The van der Waals surface area contributed by atoms with Crippen molar-refractivity contribution in [2.75, 3.05) is 6.61 Å². The Morgan fingerprint density at radius 1 is 1.73 bits per heavy atom. The minimum absolute atomic E-state index is 0.125. The lowest BCUT2D eigenvalue weighted by molar-refractivity contribution is -0.119. The first-order valence-corrected chi connectivity index (χ1v) is 4.19. The maximum atomic E-state index is 10.9. The summed E-state index contributed by atoms with van der Waals surface area (Å²) in [5.74, 6) is 0.740. The molecule has 0 aromatic rings. The van der Waals surface area contributed by atoms with E-state index in [2.05, 4.69) is 5.32 Å². The fourth-order valence-corrected chi connectivity index (χ4v) is 2.11. The van der Waals surface area contributed by atoms with Gasteiger partial charge in [-0.1, -0.05) is 0 Å². The molecule has 0 radical (unpaired) electrons. The van der Waals surface area contributed by atoms with Gasteiger partial charge in [-0.05, 0) is 25.2 Å². The molecule has 3 heteroatoms. The van der Waals surface area contributed by atoms with Gasteiger partial charge in [-0.15, -0.1) is 0 Å². The van der Waals surface area contributed by atoms with E-state index < -0.39 is 0 Å². The number of nitrogens with one attached hydrogen (secondary N) is 1. The average Bonchev–Trinajstić information content (AvgIpc) is 2.46. The van der Waals surface area contributed by atoms with E-state index in [0.717, 1.165) is 19.3 Å². The molecule has 1 saturated carbocycles. The van der Waals surface area contributed by atoms with Crippen molar-refractivity contribution < 1.29 is 9.90 Å². The van der Waals surface area contributed by atoms with E-state index >= 15 is 0 Å². The molecule has 2 fully saturated rings. The zero-order chi connectivity index (χ0) is 7.90. The third-order valence-corrected chi connectivity index (χ3v) is 2.90. The molecular formula is C8H13NO2. The van der Waals surface area contributed by atoms with Gasteiger partial charge in [-0.2, -0.15) is 0 Å². The summed E-state index contributed by atoms with van der Waals surface area (Å²) in [5, 5.41) is 11.7. The molecule has 1 spiro atoms. The fraction of sp³-hybridized carbons (Fsp3) is 0.875. The van der Waals surface area contributed by atoms with Crippen LogP contribution < -0.4 is 5.32 Å². The molecule has 0 aromatic heterocycles. The summed E-state index contributed by atoms with van der Waals surface area (Å²) in [4.78, 5) is 10.9. The third-order valence-electron chi connectivity index (χ3n) is 2.90. The van der Waals surface area contributed by atoms with Gasteiger partial charge in [0, 0.05) is 18.6 Å². The fourth-order valence-electron chi connectivity index (χ4n) is 2.11. The Labute approximate surface area is 65.8 Å². The van der Waals surface area contributed by atoms with Crippen LogP contribution in [0.3, 0.4) is 0 Å². The molecule has 0 bridgehead atoms. The molecule has 11 heavy (non-hydrogen) atoms. The van der Waals surface area contributed by atoms with Crippen molar-refractivity contribution in [3.05, 3.63) is 0 Å². The van der Waals surface area contributed by atoms with E-state index in [9.17, 15) is 4.79 Å². The molecule has 1 aliphatic heterocycles. The van der Waals surface area contributed by atoms with Crippen LogP contribution in [0.25, 0.3) is 0 Å². The smallest absolute Gasteiger partial charge is 0.220 e. The molecule has 62 valence electrons. The van der Waals surface area contributed by atoms with Crippen molar-refractivity contribution in [3.63, 3.8) is 0 Å². The number of carbonyl (C=O) groups excluding carboxylic acids is 1. The largest absolute Gasteiger partial charge is 0.396 e. The molecule has 1 heterocycles. The highest BCUT2D eigenvalue weighted by atomic mass is 16.3. The summed E-state index contributed by atoms with van der Waals surface area (Å²) >= 11 is 0. The molecule has 1 saturated heterocycles. The Hall–Kier alpha value is -0.570. The predicted molar refractivity (Wildman–Crippen MR) is 39.9 cm³/mol. The second kappa shape index (κ2) is 2.21. The van der Waals surface area contributed by atoms with Gasteiger partial charge >= 0.3 is 0 Å². The summed E-state index contributed by atoms with van der Waals surface area (Å²) in [6.45, 7) is 0.252. The maximum Gasteiger partial charge on any atom is 0.220 e. The number of aliphatic hydroxyl groups is 1. The molecule has 2 N–H and O–H groups in total. The van der Waals surface area contributed by atoms with Gasteiger partial charge in [0.05, 0.1) is 0 Å². The van der Waals surface area contributed by atoms with Gasteiger partial charge in [-0.3, -0.25) is 4.79 Å².